The molecule has 0 aromatic carbocycles. The van der Waals surface area contributed by atoms with Gasteiger partial charge in [-0.1, -0.05) is 19.8 Å². The van der Waals surface area contributed by atoms with Crippen molar-refractivity contribution in [1.82, 2.24) is 4.72 Å². The highest BCUT2D eigenvalue weighted by Crippen LogP contribution is 2.36. The van der Waals surface area contributed by atoms with E-state index in [1.165, 1.54) is 12.8 Å². The quantitative estimate of drug-likeness (QED) is 0.677. The Morgan fingerprint density at radius 3 is 2.33 bits per heavy atom. The summed E-state index contributed by atoms with van der Waals surface area (Å²) < 4.78 is 23.5. The van der Waals surface area contributed by atoms with Gasteiger partial charge in [0.25, 0.3) is 10.2 Å². The van der Waals surface area contributed by atoms with Crippen LogP contribution < -0.4 is 9.86 Å². The van der Waals surface area contributed by atoms with E-state index < -0.39 is 10.2 Å². The molecule has 1 rings (SSSR count). The monoisotopic (exact) mass is 192 g/mol. The Bertz CT molecular complexity index is 242. The van der Waals surface area contributed by atoms with Crippen molar-refractivity contribution in [3.8, 4) is 0 Å². The molecule has 1 aliphatic carbocycles. The molecule has 4 nitrogen and oxygen atoms in total. The predicted molar refractivity (Wildman–Crippen MR) is 47.7 cm³/mol. The molecule has 0 atom stereocenters. The zero-order chi connectivity index (χ0) is 9.24. The minimum atomic E-state index is -3.50. The smallest absolute Gasteiger partial charge is 0.216 e. The fourth-order valence-electron chi connectivity index (χ4n) is 1.68. The van der Waals surface area contributed by atoms with Crippen LogP contribution in [0.2, 0.25) is 0 Å². The van der Waals surface area contributed by atoms with Crippen LogP contribution in [0.3, 0.4) is 0 Å². The molecular weight excluding hydrogens is 176 g/mol. The van der Waals surface area contributed by atoms with Crippen molar-refractivity contribution in [3.05, 3.63) is 0 Å². The van der Waals surface area contributed by atoms with Crippen LogP contribution in [0.15, 0.2) is 0 Å². The molecule has 5 heteroatoms. The van der Waals surface area contributed by atoms with Crippen molar-refractivity contribution >= 4 is 10.2 Å². The van der Waals surface area contributed by atoms with Gasteiger partial charge in [-0.2, -0.15) is 8.42 Å². The molecule has 0 amide bonds. The van der Waals surface area contributed by atoms with Gasteiger partial charge < -0.3 is 0 Å². The Hall–Kier alpha value is -0.130. The summed E-state index contributed by atoms with van der Waals surface area (Å²) in [5.74, 6) is 0. The summed E-state index contributed by atoms with van der Waals surface area (Å²) in [6, 6.07) is 0. The summed E-state index contributed by atoms with van der Waals surface area (Å²) >= 11 is 0. The van der Waals surface area contributed by atoms with E-state index in [0.29, 0.717) is 6.54 Å². The lowest BCUT2D eigenvalue weighted by Gasteiger charge is -2.22. The first-order chi connectivity index (χ1) is 5.41. The molecule has 1 saturated carbocycles. The van der Waals surface area contributed by atoms with E-state index in [1.807, 2.05) is 0 Å². The number of nitrogens with one attached hydrogen (secondary N) is 1. The van der Waals surface area contributed by atoms with Crippen molar-refractivity contribution in [3.63, 3.8) is 0 Å². The van der Waals surface area contributed by atoms with Gasteiger partial charge >= 0.3 is 0 Å². The highest BCUT2D eigenvalue weighted by atomic mass is 32.2. The Labute approximate surface area is 73.7 Å². The third kappa shape index (κ3) is 3.08. The van der Waals surface area contributed by atoms with Crippen molar-refractivity contribution in [2.24, 2.45) is 10.6 Å². The molecular formula is C7H16N2O2S. The molecule has 0 radical (unpaired) electrons. The molecule has 12 heavy (non-hydrogen) atoms. The average Bonchev–Trinajstić information content (AvgIpc) is 2.32. The van der Waals surface area contributed by atoms with Gasteiger partial charge in [-0.25, -0.2) is 9.86 Å². The van der Waals surface area contributed by atoms with Crippen LogP contribution in [0.5, 0.6) is 0 Å². The maximum Gasteiger partial charge on any atom is 0.274 e. The van der Waals surface area contributed by atoms with Crippen molar-refractivity contribution < 1.29 is 8.42 Å². The van der Waals surface area contributed by atoms with Crippen LogP contribution in [0.25, 0.3) is 0 Å². The summed E-state index contributed by atoms with van der Waals surface area (Å²) in [4.78, 5) is 0. The maximum absolute atomic E-state index is 10.6. The molecule has 72 valence electrons. The van der Waals surface area contributed by atoms with Crippen LogP contribution >= 0.6 is 0 Å². The summed E-state index contributed by atoms with van der Waals surface area (Å²) in [6.07, 6.45) is 4.58. The molecule has 1 fully saturated rings. The topological polar surface area (TPSA) is 72.2 Å². The lowest BCUT2D eigenvalue weighted by Crippen LogP contribution is -2.38. The van der Waals surface area contributed by atoms with E-state index >= 15 is 0 Å². The van der Waals surface area contributed by atoms with E-state index in [2.05, 4.69) is 11.6 Å². The Morgan fingerprint density at radius 1 is 1.42 bits per heavy atom. The third-order valence-electron chi connectivity index (χ3n) is 2.51. The standard InChI is InChI=1S/C7H16N2O2S/c1-7(4-2-3-5-7)6-9-12(8,10)11/h9H,2-6H2,1H3,(H2,8,10,11). The van der Waals surface area contributed by atoms with Gasteiger partial charge in [-0.3, -0.25) is 0 Å². The molecule has 3 N–H and O–H groups in total. The zero-order valence-electron chi connectivity index (χ0n) is 7.34. The Balaban J connectivity index is 2.41. The normalized spacial score (nSPS) is 22.8. The third-order valence-corrected chi connectivity index (χ3v) is 3.06. The predicted octanol–water partition coefficient (Wildman–Crippen LogP) is 0.360. The van der Waals surface area contributed by atoms with Gasteiger partial charge in [0, 0.05) is 6.54 Å². The number of rotatable bonds is 3. The highest BCUT2D eigenvalue weighted by Gasteiger charge is 2.29. The first-order valence-electron chi connectivity index (χ1n) is 4.19. The van der Waals surface area contributed by atoms with Crippen LogP contribution in [0, 0.1) is 5.41 Å². The molecule has 0 saturated heterocycles. The lowest BCUT2D eigenvalue weighted by atomic mass is 9.89. The van der Waals surface area contributed by atoms with Crippen molar-refractivity contribution in [2.45, 2.75) is 32.6 Å². The van der Waals surface area contributed by atoms with Crippen molar-refractivity contribution in [2.75, 3.05) is 6.54 Å². The molecule has 0 heterocycles. The largest absolute Gasteiger partial charge is 0.274 e. The van der Waals surface area contributed by atoms with E-state index in [1.54, 1.807) is 0 Å². The summed E-state index contributed by atoms with van der Waals surface area (Å²) in [7, 11) is -3.50. The molecule has 0 aliphatic heterocycles. The SMILES string of the molecule is CC1(CNS(N)(=O)=O)CCCC1. The van der Waals surface area contributed by atoms with Gasteiger partial charge in [-0.15, -0.1) is 0 Å². The van der Waals surface area contributed by atoms with Gasteiger partial charge in [0.2, 0.25) is 0 Å². The van der Waals surface area contributed by atoms with Crippen LogP contribution in [-0.4, -0.2) is 15.0 Å². The number of hydrogen-bond acceptors (Lipinski definition) is 2. The molecule has 0 unspecified atom stereocenters. The van der Waals surface area contributed by atoms with E-state index in [0.717, 1.165) is 12.8 Å². The Kier molecular flexibility index (Phi) is 2.75. The van der Waals surface area contributed by atoms with Crippen LogP contribution in [-0.2, 0) is 10.2 Å². The lowest BCUT2D eigenvalue weighted by molar-refractivity contribution is 0.336. The maximum atomic E-state index is 10.6. The summed E-state index contributed by atoms with van der Waals surface area (Å²) in [5, 5.41) is 4.83. The Morgan fingerprint density at radius 2 is 1.92 bits per heavy atom. The van der Waals surface area contributed by atoms with Gasteiger partial charge in [-0.05, 0) is 18.3 Å². The van der Waals surface area contributed by atoms with Gasteiger partial charge in [0.1, 0.15) is 0 Å². The first-order valence-corrected chi connectivity index (χ1v) is 5.73. The van der Waals surface area contributed by atoms with E-state index in [9.17, 15) is 8.42 Å². The second-order valence-corrected chi connectivity index (χ2v) is 5.26. The van der Waals surface area contributed by atoms with Gasteiger partial charge in [0.15, 0.2) is 0 Å². The second kappa shape index (κ2) is 3.32. The molecule has 1 aliphatic rings. The summed E-state index contributed by atoms with van der Waals surface area (Å²) in [5.41, 5.74) is 0.131. The fraction of sp³-hybridized carbons (Fsp3) is 1.00. The zero-order valence-corrected chi connectivity index (χ0v) is 8.15. The number of hydrogen-bond donors (Lipinski definition) is 2. The highest BCUT2D eigenvalue weighted by molar-refractivity contribution is 7.87. The summed E-state index contributed by atoms with van der Waals surface area (Å²) in [6.45, 7) is 2.57. The fourth-order valence-corrected chi connectivity index (χ4v) is 2.23. The molecule has 0 bridgehead atoms. The minimum Gasteiger partial charge on any atom is -0.216 e. The van der Waals surface area contributed by atoms with Crippen LogP contribution in [0.1, 0.15) is 32.6 Å². The molecule has 0 spiro atoms. The minimum absolute atomic E-state index is 0.131. The van der Waals surface area contributed by atoms with Crippen LogP contribution in [0.4, 0.5) is 0 Å². The van der Waals surface area contributed by atoms with E-state index in [-0.39, 0.29) is 5.41 Å². The van der Waals surface area contributed by atoms with Crippen molar-refractivity contribution in [1.29, 1.82) is 0 Å². The first kappa shape index (κ1) is 9.95. The average molecular weight is 192 g/mol. The van der Waals surface area contributed by atoms with E-state index in [4.69, 9.17) is 5.14 Å². The van der Waals surface area contributed by atoms with Gasteiger partial charge in [0.05, 0.1) is 0 Å². The second-order valence-electron chi connectivity index (χ2n) is 3.88. The molecule has 0 aromatic heterocycles. The number of nitrogens with two attached hydrogens (primary N) is 1. The molecule has 0 aromatic rings.